The zero-order valence-electron chi connectivity index (χ0n) is 16.9. The monoisotopic (exact) mass is 446 g/mol. The molecule has 0 saturated carbocycles. The number of hydrogen-bond donors (Lipinski definition) is 1. The summed E-state index contributed by atoms with van der Waals surface area (Å²) in [6, 6.07) is 15.1. The Morgan fingerprint density at radius 1 is 1.12 bits per heavy atom. The first kappa shape index (κ1) is 18.9. The van der Waals surface area contributed by atoms with E-state index in [0.29, 0.717) is 35.2 Å². The van der Waals surface area contributed by atoms with E-state index in [1.807, 2.05) is 52.4 Å². The lowest BCUT2D eigenvalue weighted by Crippen LogP contribution is -2.28. The fraction of sp³-hybridized carbons (Fsp3) is 0.174. The number of hydrogen-bond acceptors (Lipinski definition) is 6. The Hall–Kier alpha value is -3.85. The topological polar surface area (TPSA) is 85.2 Å². The van der Waals surface area contributed by atoms with Crippen LogP contribution in [0.1, 0.15) is 6.42 Å². The summed E-state index contributed by atoms with van der Waals surface area (Å²) in [4.78, 5) is 33.0. The fourth-order valence-corrected chi connectivity index (χ4v) is 4.82. The molecule has 9 heteroatoms. The number of anilines is 2. The molecular weight excluding hydrogens is 428 g/mol. The minimum absolute atomic E-state index is 0.0961. The number of aromatic nitrogens is 2. The number of carbonyl (C=O) groups excluding carboxylic acids is 2. The zero-order chi connectivity index (χ0) is 21.7. The van der Waals surface area contributed by atoms with Crippen molar-refractivity contribution >= 4 is 39.6 Å². The van der Waals surface area contributed by atoms with Crippen molar-refractivity contribution in [2.75, 3.05) is 23.6 Å². The van der Waals surface area contributed by atoms with E-state index in [9.17, 15) is 9.59 Å². The van der Waals surface area contributed by atoms with E-state index in [-0.39, 0.29) is 25.0 Å². The third-order valence-electron chi connectivity index (χ3n) is 5.71. The summed E-state index contributed by atoms with van der Waals surface area (Å²) < 4.78 is 12.6. The molecule has 1 saturated heterocycles. The largest absolute Gasteiger partial charge is 0.454 e. The molecule has 2 aliphatic heterocycles. The molecule has 4 heterocycles. The quantitative estimate of drug-likeness (QED) is 0.516. The van der Waals surface area contributed by atoms with Gasteiger partial charge in [-0.05, 0) is 12.1 Å². The van der Waals surface area contributed by atoms with Gasteiger partial charge in [0.2, 0.25) is 18.6 Å². The Morgan fingerprint density at radius 2 is 1.97 bits per heavy atom. The van der Waals surface area contributed by atoms with Gasteiger partial charge in [0.25, 0.3) is 0 Å². The number of rotatable bonds is 4. The maximum atomic E-state index is 13.2. The second kappa shape index (κ2) is 7.38. The summed E-state index contributed by atoms with van der Waals surface area (Å²) in [6.45, 7) is 0.473. The molecule has 0 bridgehead atoms. The lowest BCUT2D eigenvalue weighted by Gasteiger charge is -2.17. The molecule has 1 unspecified atom stereocenters. The van der Waals surface area contributed by atoms with Crippen LogP contribution in [0, 0.1) is 5.92 Å². The first-order valence-electron chi connectivity index (χ1n) is 10.2. The van der Waals surface area contributed by atoms with Crippen LogP contribution in [-0.4, -0.2) is 34.5 Å². The third kappa shape index (κ3) is 3.09. The Kier molecular flexibility index (Phi) is 4.36. The highest BCUT2D eigenvalue weighted by Gasteiger charge is 2.36. The summed E-state index contributed by atoms with van der Waals surface area (Å²) in [5.41, 5.74) is 2.33. The van der Waals surface area contributed by atoms with Crippen LogP contribution >= 0.6 is 11.3 Å². The van der Waals surface area contributed by atoms with E-state index in [0.717, 1.165) is 10.5 Å². The number of thiazole rings is 1. The molecule has 1 N–H and O–H groups in total. The van der Waals surface area contributed by atoms with Gasteiger partial charge in [0, 0.05) is 41.9 Å². The van der Waals surface area contributed by atoms with Crippen LogP contribution in [0.2, 0.25) is 0 Å². The highest BCUT2D eigenvalue weighted by atomic mass is 32.1. The normalized spacial score (nSPS) is 17.3. The molecule has 0 radical (unpaired) electrons. The maximum absolute atomic E-state index is 13.2. The number of nitrogens with one attached hydrogen (secondary N) is 1. The summed E-state index contributed by atoms with van der Waals surface area (Å²) in [5.74, 6) is 1.11. The molecule has 0 spiro atoms. The smallest absolute Gasteiger partial charge is 0.231 e. The second-order valence-electron chi connectivity index (χ2n) is 7.66. The molecule has 160 valence electrons. The van der Waals surface area contributed by atoms with Gasteiger partial charge < -0.3 is 19.7 Å². The average Bonchev–Trinajstić information content (AvgIpc) is 3.58. The van der Waals surface area contributed by atoms with Crippen LogP contribution in [0.5, 0.6) is 11.5 Å². The van der Waals surface area contributed by atoms with Crippen LogP contribution in [0.3, 0.4) is 0 Å². The number of carbonyl (C=O) groups is 2. The van der Waals surface area contributed by atoms with Crippen molar-refractivity contribution < 1.29 is 19.1 Å². The van der Waals surface area contributed by atoms with Crippen molar-refractivity contribution in [3.63, 3.8) is 0 Å². The average molecular weight is 446 g/mol. The van der Waals surface area contributed by atoms with Gasteiger partial charge in [0.1, 0.15) is 11.5 Å². The molecule has 2 amide bonds. The van der Waals surface area contributed by atoms with Crippen molar-refractivity contribution in [3.8, 4) is 22.8 Å². The first-order chi connectivity index (χ1) is 15.7. The Bertz CT molecular complexity index is 1350. The molecule has 1 atom stereocenters. The number of ether oxygens (including phenoxy) is 2. The summed E-state index contributed by atoms with van der Waals surface area (Å²) in [7, 11) is 0. The molecule has 2 aromatic carbocycles. The van der Waals surface area contributed by atoms with Gasteiger partial charge in [0.15, 0.2) is 16.5 Å². The number of imidazole rings is 1. The van der Waals surface area contributed by atoms with Crippen LogP contribution in [0.15, 0.2) is 60.1 Å². The van der Waals surface area contributed by atoms with Crippen LogP contribution in [0.25, 0.3) is 16.2 Å². The number of nitrogens with zero attached hydrogens (tertiary/aromatic N) is 3. The fourth-order valence-electron chi connectivity index (χ4n) is 4.11. The predicted molar refractivity (Wildman–Crippen MR) is 120 cm³/mol. The number of amides is 2. The molecule has 32 heavy (non-hydrogen) atoms. The van der Waals surface area contributed by atoms with Gasteiger partial charge in [-0.1, -0.05) is 30.3 Å². The Labute approximate surface area is 187 Å². The minimum Gasteiger partial charge on any atom is -0.454 e. The van der Waals surface area contributed by atoms with Crippen molar-refractivity contribution in [2.24, 2.45) is 5.92 Å². The van der Waals surface area contributed by atoms with Crippen molar-refractivity contribution in [3.05, 3.63) is 60.1 Å². The van der Waals surface area contributed by atoms with Gasteiger partial charge in [-0.3, -0.25) is 14.0 Å². The van der Waals surface area contributed by atoms with E-state index < -0.39 is 5.92 Å². The van der Waals surface area contributed by atoms with Crippen molar-refractivity contribution in [1.29, 1.82) is 0 Å². The maximum Gasteiger partial charge on any atom is 0.231 e. The summed E-state index contributed by atoms with van der Waals surface area (Å²) >= 11 is 1.50. The molecule has 4 aromatic rings. The molecule has 8 nitrogen and oxygen atoms in total. The highest BCUT2D eigenvalue weighted by Crippen LogP contribution is 2.37. The Balaban J connectivity index is 1.26. The minimum atomic E-state index is -0.472. The number of benzene rings is 2. The predicted octanol–water partition coefficient (Wildman–Crippen LogP) is 3.78. The standard InChI is InChI=1S/C23H18N4O4S/c28-19-10-15(12-27(19)16-6-7-17-18(11-16)31-13-30-17)22(29)25-21-20(14-4-2-1-3-5-14)24-23-26(21)8-9-32-23/h1-9,11,15H,10,12-13H2,(H,25,29). The van der Waals surface area contributed by atoms with Gasteiger partial charge in [0.05, 0.1) is 5.92 Å². The molecule has 1 fully saturated rings. The zero-order valence-corrected chi connectivity index (χ0v) is 17.7. The van der Waals surface area contributed by atoms with E-state index in [1.54, 1.807) is 17.0 Å². The van der Waals surface area contributed by atoms with Crippen LogP contribution < -0.4 is 19.7 Å². The molecular formula is C23H18N4O4S. The van der Waals surface area contributed by atoms with E-state index in [1.165, 1.54) is 11.3 Å². The van der Waals surface area contributed by atoms with E-state index in [4.69, 9.17) is 14.5 Å². The lowest BCUT2D eigenvalue weighted by atomic mass is 10.1. The SMILES string of the molecule is O=C(Nc1c(-c2ccccc2)nc2sccn12)C1CC(=O)N(c2ccc3c(c2)OCO3)C1. The summed E-state index contributed by atoms with van der Waals surface area (Å²) in [6.07, 6.45) is 2.03. The number of fused-ring (bicyclic) bond motifs is 2. The van der Waals surface area contributed by atoms with E-state index in [2.05, 4.69) is 5.32 Å². The van der Waals surface area contributed by atoms with Crippen LogP contribution in [-0.2, 0) is 9.59 Å². The van der Waals surface area contributed by atoms with Crippen molar-refractivity contribution in [2.45, 2.75) is 6.42 Å². The molecule has 2 aliphatic rings. The van der Waals surface area contributed by atoms with Gasteiger partial charge >= 0.3 is 0 Å². The second-order valence-corrected chi connectivity index (χ2v) is 8.54. The van der Waals surface area contributed by atoms with Gasteiger partial charge in [-0.25, -0.2) is 4.98 Å². The summed E-state index contributed by atoms with van der Waals surface area (Å²) in [5, 5.41) is 4.96. The van der Waals surface area contributed by atoms with Gasteiger partial charge in [-0.15, -0.1) is 11.3 Å². The van der Waals surface area contributed by atoms with Gasteiger partial charge in [-0.2, -0.15) is 0 Å². The molecule has 0 aliphatic carbocycles. The van der Waals surface area contributed by atoms with E-state index >= 15 is 0 Å². The molecule has 2 aromatic heterocycles. The van der Waals surface area contributed by atoms with Crippen LogP contribution in [0.4, 0.5) is 11.5 Å². The van der Waals surface area contributed by atoms with Crippen molar-refractivity contribution in [1.82, 2.24) is 9.38 Å². The first-order valence-corrected chi connectivity index (χ1v) is 11.1. The molecule has 6 rings (SSSR count). The third-order valence-corrected chi connectivity index (χ3v) is 6.47. The Morgan fingerprint density at radius 3 is 2.84 bits per heavy atom. The highest BCUT2D eigenvalue weighted by molar-refractivity contribution is 7.15. The lowest BCUT2D eigenvalue weighted by molar-refractivity contribution is -0.122.